The molecule has 3 aromatic rings. The molecule has 31 heavy (non-hydrogen) atoms. The zero-order valence-corrected chi connectivity index (χ0v) is 18.2. The average molecular weight is 436 g/mol. The van der Waals surface area contributed by atoms with Gasteiger partial charge in [-0.2, -0.15) is 0 Å². The summed E-state index contributed by atoms with van der Waals surface area (Å²) in [7, 11) is 0. The first kappa shape index (κ1) is 22.3. The molecule has 1 aromatic heterocycles. The summed E-state index contributed by atoms with van der Waals surface area (Å²) in [5.74, 6) is 0.663. The normalized spacial score (nSPS) is 11.6. The maximum absolute atomic E-state index is 12.2. The number of rotatable bonds is 7. The van der Waals surface area contributed by atoms with Gasteiger partial charge in [-0.15, -0.1) is 10.2 Å². The number of para-hydroxylation sites is 2. The van der Waals surface area contributed by atoms with Crippen LogP contribution in [-0.4, -0.2) is 27.3 Å². The second kappa shape index (κ2) is 10.6. The van der Waals surface area contributed by atoms with Crippen molar-refractivity contribution in [2.24, 2.45) is 11.7 Å². The number of aromatic nitrogens is 2. The molecule has 8 heteroatoms. The molecule has 0 saturated heterocycles. The van der Waals surface area contributed by atoms with Gasteiger partial charge in [0, 0.05) is 11.6 Å². The lowest BCUT2D eigenvalue weighted by Crippen LogP contribution is -2.31. The highest BCUT2D eigenvalue weighted by molar-refractivity contribution is 7.80. The minimum absolute atomic E-state index is 0.137. The van der Waals surface area contributed by atoms with E-state index in [1.54, 1.807) is 24.3 Å². The molecule has 0 radical (unpaired) electrons. The fourth-order valence-corrected chi connectivity index (χ4v) is 2.90. The van der Waals surface area contributed by atoms with Gasteiger partial charge in [0.25, 0.3) is 0 Å². The van der Waals surface area contributed by atoms with Crippen molar-refractivity contribution in [2.45, 2.75) is 26.3 Å². The number of carbonyl (C=O) groups excluding carboxylic acids is 1. The highest BCUT2D eigenvalue weighted by Crippen LogP contribution is 2.25. The Kier molecular flexibility index (Phi) is 7.64. The van der Waals surface area contributed by atoms with Crippen LogP contribution in [0.1, 0.15) is 20.3 Å². The van der Waals surface area contributed by atoms with Crippen LogP contribution < -0.4 is 21.1 Å². The predicted octanol–water partition coefficient (Wildman–Crippen LogP) is 4.23. The Bertz CT molecular complexity index is 1030. The van der Waals surface area contributed by atoms with Crippen molar-refractivity contribution in [1.29, 1.82) is 0 Å². The number of thiocarbonyl (C=S) groups is 1. The summed E-state index contributed by atoms with van der Waals surface area (Å²) < 4.78 is 5.49. The summed E-state index contributed by atoms with van der Waals surface area (Å²) in [5.41, 5.74) is 8.27. The number of esters is 1. The number of ether oxygens (including phenoxy) is 1. The van der Waals surface area contributed by atoms with Crippen LogP contribution in [0, 0.1) is 5.92 Å². The molecule has 3 rings (SSSR count). The molecule has 1 atom stereocenters. The third kappa shape index (κ3) is 6.56. The number of nitrogens with one attached hydrogen (secondary N) is 2. The van der Waals surface area contributed by atoms with E-state index in [9.17, 15) is 4.79 Å². The molecule has 1 heterocycles. The molecule has 1 unspecified atom stereocenters. The first-order chi connectivity index (χ1) is 14.9. The van der Waals surface area contributed by atoms with Crippen LogP contribution in [0.3, 0.4) is 0 Å². The Morgan fingerprint density at radius 1 is 1.00 bits per heavy atom. The summed E-state index contributed by atoms with van der Waals surface area (Å²) in [6, 6.07) is 20.2. The predicted molar refractivity (Wildman–Crippen MR) is 127 cm³/mol. The van der Waals surface area contributed by atoms with E-state index in [-0.39, 0.29) is 18.4 Å². The monoisotopic (exact) mass is 435 g/mol. The Hall–Kier alpha value is -3.36. The van der Waals surface area contributed by atoms with Gasteiger partial charge < -0.3 is 21.1 Å². The lowest BCUT2D eigenvalue weighted by molar-refractivity contribution is -0.134. The zero-order chi connectivity index (χ0) is 22.2. The molecule has 0 saturated carbocycles. The lowest BCUT2D eigenvalue weighted by atomic mass is 10.0. The summed E-state index contributed by atoms with van der Waals surface area (Å²) in [5, 5.41) is 14.7. The lowest BCUT2D eigenvalue weighted by Gasteiger charge is -2.16. The van der Waals surface area contributed by atoms with E-state index in [1.165, 1.54) is 0 Å². The van der Waals surface area contributed by atoms with Gasteiger partial charge in [-0.25, -0.2) is 0 Å². The molecule has 0 aliphatic rings. The van der Waals surface area contributed by atoms with Gasteiger partial charge in [0.15, 0.2) is 16.7 Å². The van der Waals surface area contributed by atoms with E-state index in [2.05, 4.69) is 20.8 Å². The number of hydrogen-bond donors (Lipinski definition) is 3. The molecule has 2 aromatic carbocycles. The van der Waals surface area contributed by atoms with Gasteiger partial charge in [0.1, 0.15) is 0 Å². The number of benzene rings is 2. The van der Waals surface area contributed by atoms with Crippen molar-refractivity contribution in [1.82, 2.24) is 10.2 Å². The molecule has 0 fully saturated rings. The zero-order valence-electron chi connectivity index (χ0n) is 17.4. The molecule has 0 amide bonds. The van der Waals surface area contributed by atoms with E-state index in [4.69, 9.17) is 22.7 Å². The van der Waals surface area contributed by atoms with Crippen LogP contribution >= 0.6 is 12.2 Å². The smallest absolute Gasteiger partial charge is 0.312 e. The van der Waals surface area contributed by atoms with Crippen molar-refractivity contribution in [3.63, 3.8) is 0 Å². The van der Waals surface area contributed by atoms with E-state index >= 15 is 0 Å². The number of anilines is 2. The van der Waals surface area contributed by atoms with Crippen LogP contribution in [0.4, 0.5) is 11.5 Å². The maximum Gasteiger partial charge on any atom is 0.312 e. The first-order valence-electron chi connectivity index (χ1n) is 9.95. The Morgan fingerprint density at radius 3 is 2.39 bits per heavy atom. The Balaban J connectivity index is 1.61. The van der Waals surface area contributed by atoms with Crippen molar-refractivity contribution in [2.75, 3.05) is 10.6 Å². The Labute approximate surface area is 187 Å². The molecule has 4 N–H and O–H groups in total. The van der Waals surface area contributed by atoms with Crippen LogP contribution in [0.25, 0.3) is 11.3 Å². The Morgan fingerprint density at radius 2 is 1.71 bits per heavy atom. The number of nitrogens with zero attached hydrogens (tertiary/aromatic N) is 2. The third-order valence-corrected chi connectivity index (χ3v) is 4.80. The maximum atomic E-state index is 12.2. The number of hydrogen-bond acceptors (Lipinski definition) is 6. The van der Waals surface area contributed by atoms with Crippen LogP contribution in [0.5, 0.6) is 5.75 Å². The molecule has 0 bridgehead atoms. The summed E-state index contributed by atoms with van der Waals surface area (Å²) in [6.07, 6.45) is 0.137. The SMILES string of the molecule is CC(C)C(N)CC(=O)Oc1ccccc1NC(=S)Nc1ccc(-c2ccccc2)nn1. The van der Waals surface area contributed by atoms with E-state index in [1.807, 2.05) is 56.3 Å². The van der Waals surface area contributed by atoms with Crippen molar-refractivity contribution in [3.8, 4) is 17.0 Å². The fraction of sp³-hybridized carbons (Fsp3) is 0.217. The molecule has 0 spiro atoms. The highest BCUT2D eigenvalue weighted by atomic mass is 32.1. The van der Waals surface area contributed by atoms with Crippen LogP contribution in [0.2, 0.25) is 0 Å². The standard InChI is InChI=1S/C23H25N5O2S/c1-15(2)17(24)14-22(29)30-20-11-7-6-10-19(20)25-23(31)26-21-13-12-18(27-28-21)16-8-4-3-5-9-16/h3-13,15,17H,14,24H2,1-2H3,(H2,25,26,28,31). The molecule has 160 valence electrons. The highest BCUT2D eigenvalue weighted by Gasteiger charge is 2.16. The van der Waals surface area contributed by atoms with Crippen LogP contribution in [0.15, 0.2) is 66.7 Å². The third-order valence-electron chi connectivity index (χ3n) is 4.59. The average Bonchev–Trinajstić information content (AvgIpc) is 2.76. The second-order valence-corrected chi connectivity index (χ2v) is 7.74. The quantitative estimate of drug-likeness (QED) is 0.288. The van der Waals surface area contributed by atoms with E-state index in [0.717, 1.165) is 11.3 Å². The topological polar surface area (TPSA) is 102 Å². The van der Waals surface area contributed by atoms with Gasteiger partial charge in [-0.1, -0.05) is 56.3 Å². The van der Waals surface area contributed by atoms with Gasteiger partial charge in [0.05, 0.1) is 17.8 Å². The second-order valence-electron chi connectivity index (χ2n) is 7.33. The number of nitrogens with two attached hydrogens (primary N) is 1. The fourth-order valence-electron chi connectivity index (χ4n) is 2.68. The molecule has 7 nitrogen and oxygen atoms in total. The van der Waals surface area contributed by atoms with Crippen molar-refractivity contribution < 1.29 is 9.53 Å². The largest absolute Gasteiger partial charge is 0.424 e. The first-order valence-corrected chi connectivity index (χ1v) is 10.4. The van der Waals surface area contributed by atoms with Gasteiger partial charge >= 0.3 is 5.97 Å². The molecule has 0 aliphatic carbocycles. The summed E-state index contributed by atoms with van der Waals surface area (Å²) >= 11 is 5.37. The van der Waals surface area contributed by atoms with Crippen molar-refractivity contribution >= 4 is 34.8 Å². The molecule has 0 aliphatic heterocycles. The minimum atomic E-state index is -0.392. The van der Waals surface area contributed by atoms with Crippen LogP contribution in [-0.2, 0) is 4.79 Å². The molecular weight excluding hydrogens is 410 g/mol. The summed E-state index contributed by atoms with van der Waals surface area (Å²) in [6.45, 7) is 3.93. The van der Waals surface area contributed by atoms with Gasteiger partial charge in [-0.05, 0) is 42.4 Å². The van der Waals surface area contributed by atoms with Gasteiger partial charge in [-0.3, -0.25) is 4.79 Å². The molecular formula is C23H25N5O2S. The van der Waals surface area contributed by atoms with Crippen molar-refractivity contribution in [3.05, 3.63) is 66.7 Å². The van der Waals surface area contributed by atoms with E-state index < -0.39 is 5.97 Å². The summed E-state index contributed by atoms with van der Waals surface area (Å²) in [4.78, 5) is 12.2. The van der Waals surface area contributed by atoms with E-state index in [0.29, 0.717) is 22.4 Å². The number of carbonyl (C=O) groups is 1. The van der Waals surface area contributed by atoms with Gasteiger partial charge in [0.2, 0.25) is 0 Å². The minimum Gasteiger partial charge on any atom is -0.424 e.